The van der Waals surface area contributed by atoms with Crippen molar-refractivity contribution in [2.24, 2.45) is 11.7 Å². The molecule has 0 saturated carbocycles. The van der Waals surface area contributed by atoms with Crippen molar-refractivity contribution in [2.75, 3.05) is 6.54 Å². The highest BCUT2D eigenvalue weighted by Crippen LogP contribution is 2.16. The zero-order valence-corrected chi connectivity index (χ0v) is 10.9. The van der Waals surface area contributed by atoms with Gasteiger partial charge in [-0.2, -0.15) is 0 Å². The molecule has 3 N–H and O–H groups in total. The number of nitrogens with one attached hydrogen (secondary N) is 1. The summed E-state index contributed by atoms with van der Waals surface area (Å²) in [5.41, 5.74) is 6.11. The number of carbonyl (C=O) groups is 1. The van der Waals surface area contributed by atoms with Crippen LogP contribution in [0, 0.1) is 5.92 Å². The van der Waals surface area contributed by atoms with Crippen molar-refractivity contribution in [2.45, 2.75) is 32.7 Å². The minimum atomic E-state index is -0.332. The van der Waals surface area contributed by atoms with Crippen LogP contribution in [0.25, 0.3) is 0 Å². The lowest BCUT2D eigenvalue weighted by Crippen LogP contribution is -2.52. The first-order valence-corrected chi connectivity index (χ1v) is 6.04. The Hall–Kier alpha value is -1.35. The van der Waals surface area contributed by atoms with Crippen LogP contribution in [0.3, 0.4) is 0 Å². The Morgan fingerprint density at radius 2 is 1.94 bits per heavy atom. The fraction of sp³-hybridized carbons (Fsp3) is 0.500. The normalized spacial score (nSPS) is 14.4. The number of carbonyl (C=O) groups excluding carboxylic acids is 1. The Balaban J connectivity index is 2.72. The molecule has 17 heavy (non-hydrogen) atoms. The average molecular weight is 234 g/mol. The van der Waals surface area contributed by atoms with Crippen LogP contribution in [0.15, 0.2) is 30.3 Å². The van der Waals surface area contributed by atoms with Crippen molar-refractivity contribution in [3.63, 3.8) is 0 Å². The van der Waals surface area contributed by atoms with Gasteiger partial charge in [-0.15, -0.1) is 0 Å². The van der Waals surface area contributed by atoms with Crippen LogP contribution >= 0.6 is 0 Å². The van der Waals surface area contributed by atoms with E-state index in [2.05, 4.69) is 19.2 Å². The molecule has 1 atom stereocenters. The van der Waals surface area contributed by atoms with Gasteiger partial charge in [-0.3, -0.25) is 4.79 Å². The maximum absolute atomic E-state index is 12.0. The molecule has 0 bridgehead atoms. The van der Waals surface area contributed by atoms with Crippen LogP contribution in [0.2, 0.25) is 0 Å². The summed E-state index contributed by atoms with van der Waals surface area (Å²) in [5.74, 6) is 0.443. The van der Waals surface area contributed by atoms with Crippen molar-refractivity contribution in [3.8, 4) is 0 Å². The quantitative estimate of drug-likeness (QED) is 0.820. The summed E-state index contributed by atoms with van der Waals surface area (Å²) in [5, 5.41) is 3.03. The molecule has 0 fully saturated rings. The zero-order valence-electron chi connectivity index (χ0n) is 10.9. The zero-order chi connectivity index (χ0) is 12.9. The Morgan fingerprint density at radius 1 is 1.35 bits per heavy atom. The first kappa shape index (κ1) is 13.7. The number of hydrogen-bond acceptors (Lipinski definition) is 2. The molecule has 0 heterocycles. The lowest BCUT2D eigenvalue weighted by Gasteiger charge is -2.31. The van der Waals surface area contributed by atoms with E-state index in [1.807, 2.05) is 37.3 Å². The molecule has 1 unspecified atom stereocenters. The molecule has 0 radical (unpaired) electrons. The fourth-order valence-electron chi connectivity index (χ4n) is 2.02. The van der Waals surface area contributed by atoms with Crippen molar-refractivity contribution in [3.05, 3.63) is 35.9 Å². The van der Waals surface area contributed by atoms with E-state index in [9.17, 15) is 4.79 Å². The summed E-state index contributed by atoms with van der Waals surface area (Å²) in [6.45, 7) is 6.70. The SMILES string of the molecule is CC(C)CC(C)(CN)NC(=O)c1ccccc1. The van der Waals surface area contributed by atoms with Crippen LogP contribution in [0.5, 0.6) is 0 Å². The number of amides is 1. The second kappa shape index (κ2) is 5.82. The van der Waals surface area contributed by atoms with Gasteiger partial charge in [0, 0.05) is 17.6 Å². The third-order valence-corrected chi connectivity index (χ3v) is 2.76. The van der Waals surface area contributed by atoms with Gasteiger partial charge in [-0.1, -0.05) is 32.0 Å². The highest BCUT2D eigenvalue weighted by Gasteiger charge is 2.26. The maximum Gasteiger partial charge on any atom is 0.251 e. The summed E-state index contributed by atoms with van der Waals surface area (Å²) < 4.78 is 0. The van der Waals surface area contributed by atoms with Crippen LogP contribution in [0.4, 0.5) is 0 Å². The predicted molar refractivity (Wildman–Crippen MR) is 70.8 cm³/mol. The van der Waals surface area contributed by atoms with Gasteiger partial charge in [0.25, 0.3) is 5.91 Å². The van der Waals surface area contributed by atoms with Crippen molar-refractivity contribution in [1.82, 2.24) is 5.32 Å². The van der Waals surface area contributed by atoms with E-state index in [4.69, 9.17) is 5.73 Å². The highest BCUT2D eigenvalue weighted by atomic mass is 16.1. The van der Waals surface area contributed by atoms with Gasteiger partial charge in [0.1, 0.15) is 0 Å². The monoisotopic (exact) mass is 234 g/mol. The lowest BCUT2D eigenvalue weighted by atomic mass is 9.90. The average Bonchev–Trinajstić information content (AvgIpc) is 2.29. The second-order valence-electron chi connectivity index (χ2n) is 5.18. The predicted octanol–water partition coefficient (Wildman–Crippen LogP) is 2.18. The molecule has 3 nitrogen and oxygen atoms in total. The number of rotatable bonds is 5. The van der Waals surface area contributed by atoms with E-state index in [1.165, 1.54) is 0 Å². The Kier molecular flexibility index (Phi) is 4.70. The van der Waals surface area contributed by atoms with Crippen molar-refractivity contribution >= 4 is 5.91 Å². The molecular weight excluding hydrogens is 212 g/mol. The molecule has 0 aliphatic carbocycles. The minimum Gasteiger partial charge on any atom is -0.346 e. The summed E-state index contributed by atoms with van der Waals surface area (Å²) in [4.78, 5) is 12.0. The third-order valence-electron chi connectivity index (χ3n) is 2.76. The van der Waals surface area contributed by atoms with Gasteiger partial charge in [-0.25, -0.2) is 0 Å². The summed E-state index contributed by atoms with van der Waals surface area (Å²) in [7, 11) is 0. The van der Waals surface area contributed by atoms with Crippen LogP contribution < -0.4 is 11.1 Å². The molecule has 0 aliphatic rings. The van der Waals surface area contributed by atoms with Gasteiger partial charge in [-0.05, 0) is 31.4 Å². The molecule has 0 aliphatic heterocycles. The molecule has 0 spiro atoms. The van der Waals surface area contributed by atoms with E-state index >= 15 is 0 Å². The second-order valence-corrected chi connectivity index (χ2v) is 5.18. The van der Waals surface area contributed by atoms with Crippen LogP contribution in [-0.2, 0) is 0 Å². The first-order valence-electron chi connectivity index (χ1n) is 6.04. The molecular formula is C14H22N2O. The highest BCUT2D eigenvalue weighted by molar-refractivity contribution is 5.94. The Bertz CT molecular complexity index is 362. The number of hydrogen-bond donors (Lipinski definition) is 2. The van der Waals surface area contributed by atoms with Gasteiger partial charge in [0.15, 0.2) is 0 Å². The summed E-state index contributed by atoms with van der Waals surface area (Å²) in [6.07, 6.45) is 0.877. The summed E-state index contributed by atoms with van der Waals surface area (Å²) >= 11 is 0. The van der Waals surface area contributed by atoms with E-state index in [0.29, 0.717) is 18.0 Å². The largest absolute Gasteiger partial charge is 0.346 e. The van der Waals surface area contributed by atoms with Crippen molar-refractivity contribution in [1.29, 1.82) is 0 Å². The Morgan fingerprint density at radius 3 is 2.41 bits per heavy atom. The van der Waals surface area contributed by atoms with Crippen LogP contribution in [0.1, 0.15) is 37.6 Å². The molecule has 0 saturated heterocycles. The van der Waals surface area contributed by atoms with E-state index < -0.39 is 0 Å². The smallest absolute Gasteiger partial charge is 0.251 e. The molecule has 94 valence electrons. The summed E-state index contributed by atoms with van der Waals surface area (Å²) in [6, 6.07) is 9.23. The molecule has 0 aromatic heterocycles. The standard InChI is InChI=1S/C14H22N2O/c1-11(2)9-14(3,10-15)16-13(17)12-7-5-4-6-8-12/h4-8,11H,9-10,15H2,1-3H3,(H,16,17). The van der Waals surface area contributed by atoms with Gasteiger partial charge in [0.05, 0.1) is 0 Å². The molecule has 1 aromatic carbocycles. The van der Waals surface area contributed by atoms with Gasteiger partial charge in [0.2, 0.25) is 0 Å². The van der Waals surface area contributed by atoms with E-state index in [1.54, 1.807) is 0 Å². The third kappa shape index (κ3) is 4.19. The van der Waals surface area contributed by atoms with E-state index in [0.717, 1.165) is 6.42 Å². The Labute approximate surface area is 103 Å². The fourth-order valence-corrected chi connectivity index (χ4v) is 2.02. The molecule has 1 amide bonds. The molecule has 1 rings (SSSR count). The first-order chi connectivity index (χ1) is 7.97. The van der Waals surface area contributed by atoms with Crippen molar-refractivity contribution < 1.29 is 4.79 Å². The minimum absolute atomic E-state index is 0.0563. The van der Waals surface area contributed by atoms with Crippen LogP contribution in [-0.4, -0.2) is 18.0 Å². The van der Waals surface area contributed by atoms with Gasteiger partial charge < -0.3 is 11.1 Å². The number of benzene rings is 1. The van der Waals surface area contributed by atoms with E-state index in [-0.39, 0.29) is 11.4 Å². The lowest BCUT2D eigenvalue weighted by molar-refractivity contribution is 0.0898. The number of nitrogens with two attached hydrogens (primary N) is 1. The topological polar surface area (TPSA) is 55.1 Å². The maximum atomic E-state index is 12.0. The molecule has 3 heteroatoms. The molecule has 1 aromatic rings. The van der Waals surface area contributed by atoms with Gasteiger partial charge >= 0.3 is 0 Å².